The molecule has 2 N–H and O–H groups in total. The van der Waals surface area contributed by atoms with Crippen LogP contribution in [-0.2, 0) is 9.53 Å². The normalized spacial score (nSPS) is 14.4. The molecule has 0 aromatic carbocycles. The van der Waals surface area contributed by atoms with Gasteiger partial charge >= 0.3 is 5.97 Å². The average molecular weight is 187 g/mol. The lowest BCUT2D eigenvalue weighted by Gasteiger charge is -2.20. The van der Waals surface area contributed by atoms with Gasteiger partial charge in [0.05, 0.1) is 5.41 Å². The van der Waals surface area contributed by atoms with E-state index in [1.165, 1.54) is 0 Å². The maximum atomic E-state index is 11.3. The van der Waals surface area contributed by atoms with Gasteiger partial charge in [-0.25, -0.2) is 0 Å². The molecule has 0 aromatic heterocycles. The molecule has 0 radical (unpaired) electrons. The van der Waals surface area contributed by atoms with Crippen molar-refractivity contribution in [1.29, 1.82) is 0 Å². The van der Waals surface area contributed by atoms with Crippen LogP contribution in [0.15, 0.2) is 0 Å². The number of rotatable bonds is 3. The molecule has 0 saturated carbocycles. The van der Waals surface area contributed by atoms with Gasteiger partial charge in [0.15, 0.2) is 0 Å². The molecule has 78 valence electrons. The zero-order valence-electron chi connectivity index (χ0n) is 9.26. The number of esters is 1. The third kappa shape index (κ3) is 4.88. The molecule has 0 bridgehead atoms. The molecule has 0 aliphatic carbocycles. The van der Waals surface area contributed by atoms with Crippen LogP contribution in [0.25, 0.3) is 0 Å². The van der Waals surface area contributed by atoms with E-state index in [1.807, 2.05) is 34.6 Å². The maximum absolute atomic E-state index is 11.3. The highest BCUT2D eigenvalue weighted by Gasteiger charge is 2.23. The van der Waals surface area contributed by atoms with Gasteiger partial charge in [0, 0.05) is 6.04 Å². The second-order valence-electron chi connectivity index (χ2n) is 4.76. The van der Waals surface area contributed by atoms with Crippen LogP contribution in [-0.4, -0.2) is 18.6 Å². The third-order valence-corrected chi connectivity index (χ3v) is 1.88. The smallest absolute Gasteiger partial charge is 0.311 e. The minimum absolute atomic E-state index is 0.0636. The van der Waals surface area contributed by atoms with E-state index in [0.717, 1.165) is 0 Å². The van der Waals surface area contributed by atoms with Gasteiger partial charge in [-0.3, -0.25) is 4.79 Å². The number of hydrogen-bond acceptors (Lipinski definition) is 3. The summed E-state index contributed by atoms with van der Waals surface area (Å²) in [6, 6.07) is -0.0636. The van der Waals surface area contributed by atoms with Gasteiger partial charge in [0.25, 0.3) is 0 Å². The van der Waals surface area contributed by atoms with E-state index in [1.54, 1.807) is 0 Å². The maximum Gasteiger partial charge on any atom is 0.311 e. The SMILES string of the molecule is CC(C)[C@H](N)COC(=O)C(C)(C)C. The van der Waals surface area contributed by atoms with Crippen molar-refractivity contribution in [2.24, 2.45) is 17.1 Å². The van der Waals surface area contributed by atoms with Crippen molar-refractivity contribution in [3.63, 3.8) is 0 Å². The lowest BCUT2D eigenvalue weighted by molar-refractivity contribution is -0.153. The minimum atomic E-state index is -0.434. The fourth-order valence-corrected chi connectivity index (χ4v) is 0.581. The second-order valence-corrected chi connectivity index (χ2v) is 4.76. The summed E-state index contributed by atoms with van der Waals surface area (Å²) < 4.78 is 5.07. The Morgan fingerprint density at radius 2 is 1.85 bits per heavy atom. The van der Waals surface area contributed by atoms with Crippen LogP contribution in [0.2, 0.25) is 0 Å². The summed E-state index contributed by atoms with van der Waals surface area (Å²) in [7, 11) is 0. The molecule has 0 unspecified atom stereocenters. The fourth-order valence-electron chi connectivity index (χ4n) is 0.581. The summed E-state index contributed by atoms with van der Waals surface area (Å²) in [5, 5.41) is 0. The van der Waals surface area contributed by atoms with E-state index in [4.69, 9.17) is 10.5 Å². The first-order chi connectivity index (χ1) is 5.75. The standard InChI is InChI=1S/C10H21NO2/c1-7(2)8(11)6-13-9(12)10(3,4)5/h7-8H,6,11H2,1-5H3/t8-/m1/s1. The monoisotopic (exact) mass is 187 g/mol. The Balaban J connectivity index is 3.84. The molecule has 3 heteroatoms. The number of hydrogen-bond donors (Lipinski definition) is 1. The van der Waals surface area contributed by atoms with Gasteiger partial charge in [-0.15, -0.1) is 0 Å². The van der Waals surface area contributed by atoms with Crippen LogP contribution in [0.1, 0.15) is 34.6 Å². The zero-order chi connectivity index (χ0) is 10.6. The highest BCUT2D eigenvalue weighted by Crippen LogP contribution is 2.15. The molecule has 0 saturated heterocycles. The summed E-state index contributed by atoms with van der Waals surface area (Å²) in [5.41, 5.74) is 5.30. The van der Waals surface area contributed by atoms with Crippen LogP contribution < -0.4 is 5.73 Å². The summed E-state index contributed by atoms with van der Waals surface area (Å²) in [4.78, 5) is 11.3. The number of nitrogens with two attached hydrogens (primary N) is 1. The first kappa shape index (κ1) is 12.4. The largest absolute Gasteiger partial charge is 0.464 e. The van der Waals surface area contributed by atoms with Crippen molar-refractivity contribution < 1.29 is 9.53 Å². The van der Waals surface area contributed by atoms with Crippen molar-refractivity contribution in [3.05, 3.63) is 0 Å². The molecular weight excluding hydrogens is 166 g/mol. The Hall–Kier alpha value is -0.570. The van der Waals surface area contributed by atoms with Crippen molar-refractivity contribution >= 4 is 5.97 Å². The van der Waals surface area contributed by atoms with Crippen molar-refractivity contribution in [3.8, 4) is 0 Å². The Morgan fingerprint density at radius 3 is 2.15 bits per heavy atom. The predicted molar refractivity (Wildman–Crippen MR) is 53.2 cm³/mol. The van der Waals surface area contributed by atoms with E-state index in [2.05, 4.69) is 0 Å². The molecule has 0 aromatic rings. The van der Waals surface area contributed by atoms with Crippen molar-refractivity contribution in [1.82, 2.24) is 0 Å². The molecule has 13 heavy (non-hydrogen) atoms. The quantitative estimate of drug-likeness (QED) is 0.682. The van der Waals surface area contributed by atoms with Crippen molar-refractivity contribution in [2.75, 3.05) is 6.61 Å². The third-order valence-electron chi connectivity index (χ3n) is 1.88. The Morgan fingerprint density at radius 1 is 1.38 bits per heavy atom. The van der Waals surface area contributed by atoms with Crippen LogP contribution in [0.4, 0.5) is 0 Å². The molecule has 0 fully saturated rings. The topological polar surface area (TPSA) is 52.3 Å². The first-order valence-corrected chi connectivity index (χ1v) is 4.68. The summed E-state index contributed by atoms with van der Waals surface area (Å²) in [6.45, 7) is 9.82. The zero-order valence-corrected chi connectivity index (χ0v) is 9.26. The predicted octanol–water partition coefficient (Wildman–Crippen LogP) is 1.56. The van der Waals surface area contributed by atoms with E-state index >= 15 is 0 Å². The number of carbonyl (C=O) groups excluding carboxylic acids is 1. The summed E-state index contributed by atoms with van der Waals surface area (Å²) >= 11 is 0. The fraction of sp³-hybridized carbons (Fsp3) is 0.900. The lowest BCUT2D eigenvalue weighted by atomic mass is 9.97. The molecular formula is C10H21NO2. The molecule has 1 atom stereocenters. The van der Waals surface area contributed by atoms with Crippen LogP contribution in [0.5, 0.6) is 0 Å². The number of ether oxygens (including phenoxy) is 1. The van der Waals surface area contributed by atoms with E-state index in [-0.39, 0.29) is 12.0 Å². The highest BCUT2D eigenvalue weighted by atomic mass is 16.5. The Labute approximate surface area is 80.6 Å². The van der Waals surface area contributed by atoms with Crippen LogP contribution in [0.3, 0.4) is 0 Å². The van der Waals surface area contributed by atoms with Gasteiger partial charge in [0.1, 0.15) is 6.61 Å². The Bertz CT molecular complexity index is 170. The molecule has 3 nitrogen and oxygen atoms in total. The second kappa shape index (κ2) is 4.61. The number of carbonyl (C=O) groups is 1. The molecule has 0 amide bonds. The molecule has 0 aliphatic heterocycles. The van der Waals surface area contributed by atoms with Gasteiger partial charge in [-0.2, -0.15) is 0 Å². The van der Waals surface area contributed by atoms with Crippen LogP contribution >= 0.6 is 0 Å². The van der Waals surface area contributed by atoms with Crippen LogP contribution in [0, 0.1) is 11.3 Å². The molecule has 0 aliphatic rings. The lowest BCUT2D eigenvalue weighted by Crippen LogP contribution is -2.35. The van der Waals surface area contributed by atoms with E-state index in [9.17, 15) is 4.79 Å². The highest BCUT2D eigenvalue weighted by molar-refractivity contribution is 5.75. The average Bonchev–Trinajstić information content (AvgIpc) is 1.97. The first-order valence-electron chi connectivity index (χ1n) is 4.68. The summed E-state index contributed by atoms with van der Waals surface area (Å²) in [6.07, 6.45) is 0. The van der Waals surface area contributed by atoms with E-state index in [0.29, 0.717) is 12.5 Å². The summed E-state index contributed by atoms with van der Waals surface area (Å²) in [5.74, 6) is 0.149. The molecule has 0 rings (SSSR count). The van der Waals surface area contributed by atoms with E-state index < -0.39 is 5.41 Å². The van der Waals surface area contributed by atoms with Gasteiger partial charge in [-0.05, 0) is 26.7 Å². The molecule has 0 heterocycles. The van der Waals surface area contributed by atoms with Gasteiger partial charge in [0.2, 0.25) is 0 Å². The van der Waals surface area contributed by atoms with Gasteiger partial charge < -0.3 is 10.5 Å². The minimum Gasteiger partial charge on any atom is -0.464 e. The Kier molecular flexibility index (Phi) is 4.40. The van der Waals surface area contributed by atoms with Gasteiger partial charge in [-0.1, -0.05) is 13.8 Å². The molecule has 0 spiro atoms. The van der Waals surface area contributed by atoms with Crippen molar-refractivity contribution in [2.45, 2.75) is 40.7 Å².